The number of halogens is 3. The van der Waals surface area contributed by atoms with E-state index in [0.717, 1.165) is 24.3 Å². The Morgan fingerprint density at radius 3 is 2.49 bits per heavy atom. The number of carbonyl (C=O) groups is 2. The molecule has 0 bridgehead atoms. The number of aliphatic hydroxyl groups excluding tert-OH is 1. The van der Waals surface area contributed by atoms with E-state index in [2.05, 4.69) is 16.0 Å². The monoisotopic (exact) mass is 494 g/mol. The van der Waals surface area contributed by atoms with Crippen molar-refractivity contribution in [3.63, 3.8) is 0 Å². The van der Waals surface area contributed by atoms with Crippen molar-refractivity contribution in [2.45, 2.75) is 32.2 Å². The lowest BCUT2D eigenvalue weighted by atomic mass is 9.99. The molecule has 2 aromatic rings. The van der Waals surface area contributed by atoms with Crippen LogP contribution in [-0.4, -0.2) is 60.8 Å². The number of anilines is 2. The highest BCUT2D eigenvalue weighted by atomic mass is 19.4. The van der Waals surface area contributed by atoms with Crippen LogP contribution in [0.5, 0.6) is 5.75 Å². The summed E-state index contributed by atoms with van der Waals surface area (Å²) in [5, 5.41) is 17.9. The average molecular weight is 495 g/mol. The van der Waals surface area contributed by atoms with E-state index in [-0.39, 0.29) is 47.2 Å². The van der Waals surface area contributed by atoms with Crippen LogP contribution in [0.15, 0.2) is 42.5 Å². The summed E-state index contributed by atoms with van der Waals surface area (Å²) in [6, 6.07) is 7.65. The second kappa shape index (κ2) is 11.0. The molecule has 3 rings (SSSR count). The number of alkyl halides is 3. The molecule has 35 heavy (non-hydrogen) atoms. The number of nitrogens with one attached hydrogen (secondary N) is 3. The quantitative estimate of drug-likeness (QED) is 0.490. The minimum atomic E-state index is -4.48. The van der Waals surface area contributed by atoms with E-state index >= 15 is 0 Å². The van der Waals surface area contributed by atoms with Crippen molar-refractivity contribution in [2.75, 3.05) is 37.4 Å². The molecule has 1 aliphatic rings. The summed E-state index contributed by atoms with van der Waals surface area (Å²) >= 11 is 0. The zero-order valence-electron chi connectivity index (χ0n) is 19.6. The van der Waals surface area contributed by atoms with Crippen LogP contribution >= 0.6 is 0 Å². The topological polar surface area (TPSA) is 103 Å². The van der Waals surface area contributed by atoms with Gasteiger partial charge in [-0.25, -0.2) is 4.79 Å². The van der Waals surface area contributed by atoms with Gasteiger partial charge in [-0.2, -0.15) is 13.2 Å². The van der Waals surface area contributed by atoms with Gasteiger partial charge in [-0.1, -0.05) is 13.0 Å². The second-order valence-corrected chi connectivity index (χ2v) is 8.52. The third-order valence-corrected chi connectivity index (χ3v) is 5.81. The fraction of sp³-hybridized carbons (Fsp3) is 0.417. The van der Waals surface area contributed by atoms with E-state index in [1.165, 1.54) is 0 Å². The molecule has 0 spiro atoms. The SMILES string of the molecule is CNC[C@@H]1Oc2c(NC(=O)Nc3ccc(C(F)(F)F)cc3)cccc2C(=O)N([C@@H](C)CO)C[C@H]1C. The number of para-hydroxylation sites is 1. The number of rotatable bonds is 6. The number of urea groups is 1. The van der Waals surface area contributed by atoms with E-state index in [0.29, 0.717) is 13.1 Å². The molecule has 0 unspecified atom stereocenters. The Labute approximate surface area is 201 Å². The van der Waals surface area contributed by atoms with E-state index in [1.807, 2.05) is 6.92 Å². The summed E-state index contributed by atoms with van der Waals surface area (Å²) in [5.41, 5.74) is -0.209. The lowest BCUT2D eigenvalue weighted by Crippen LogP contribution is -2.49. The number of aliphatic hydroxyl groups is 1. The number of hydrogen-bond acceptors (Lipinski definition) is 5. The van der Waals surface area contributed by atoms with Crippen LogP contribution in [0.2, 0.25) is 0 Å². The normalized spacial score (nSPS) is 19.2. The van der Waals surface area contributed by atoms with Gasteiger partial charge >= 0.3 is 12.2 Å². The number of nitrogens with zero attached hydrogens (tertiary/aromatic N) is 1. The van der Waals surface area contributed by atoms with Crippen molar-refractivity contribution >= 4 is 23.3 Å². The highest BCUT2D eigenvalue weighted by Crippen LogP contribution is 2.35. The van der Waals surface area contributed by atoms with Crippen LogP contribution in [0.3, 0.4) is 0 Å². The fourth-order valence-corrected chi connectivity index (χ4v) is 3.81. The lowest BCUT2D eigenvalue weighted by Gasteiger charge is -2.37. The zero-order chi connectivity index (χ0) is 25.8. The first-order chi connectivity index (χ1) is 16.5. The van der Waals surface area contributed by atoms with Gasteiger partial charge in [0.15, 0.2) is 5.75 Å². The molecule has 4 N–H and O–H groups in total. The highest BCUT2D eigenvalue weighted by Gasteiger charge is 2.34. The first-order valence-corrected chi connectivity index (χ1v) is 11.2. The Bertz CT molecular complexity index is 1050. The molecule has 3 atom stereocenters. The fourth-order valence-electron chi connectivity index (χ4n) is 3.81. The van der Waals surface area contributed by atoms with Crippen molar-refractivity contribution in [1.29, 1.82) is 0 Å². The predicted octanol–water partition coefficient (Wildman–Crippen LogP) is 3.79. The maximum atomic E-state index is 13.3. The number of hydrogen-bond donors (Lipinski definition) is 4. The molecule has 0 fully saturated rings. The number of fused-ring (bicyclic) bond motifs is 1. The maximum Gasteiger partial charge on any atom is 0.416 e. The van der Waals surface area contributed by atoms with Gasteiger partial charge in [0.2, 0.25) is 0 Å². The summed E-state index contributed by atoms with van der Waals surface area (Å²) in [6.45, 7) is 4.32. The number of benzene rings is 2. The van der Waals surface area contributed by atoms with Gasteiger partial charge in [0.05, 0.1) is 29.5 Å². The van der Waals surface area contributed by atoms with Gasteiger partial charge in [0, 0.05) is 24.7 Å². The molecule has 0 saturated heterocycles. The van der Waals surface area contributed by atoms with Gasteiger partial charge < -0.3 is 30.7 Å². The summed E-state index contributed by atoms with van der Waals surface area (Å²) in [5.74, 6) is -0.257. The maximum absolute atomic E-state index is 13.3. The molecule has 0 aliphatic carbocycles. The van der Waals surface area contributed by atoms with Crippen LogP contribution in [0.25, 0.3) is 0 Å². The molecule has 1 aliphatic heterocycles. The van der Waals surface area contributed by atoms with E-state index in [4.69, 9.17) is 4.74 Å². The molecular weight excluding hydrogens is 465 g/mol. The molecule has 190 valence electrons. The van der Waals surface area contributed by atoms with Crippen molar-refractivity contribution in [1.82, 2.24) is 10.2 Å². The van der Waals surface area contributed by atoms with Gasteiger partial charge in [-0.05, 0) is 50.4 Å². The number of likely N-dealkylation sites (N-methyl/N-ethyl adjacent to an activating group) is 1. The Kier molecular flexibility index (Phi) is 8.23. The number of ether oxygens (including phenoxy) is 1. The first kappa shape index (κ1) is 26.3. The molecule has 0 saturated carbocycles. The third-order valence-electron chi connectivity index (χ3n) is 5.81. The molecule has 1 heterocycles. The van der Waals surface area contributed by atoms with Crippen molar-refractivity contribution < 1.29 is 32.6 Å². The number of carbonyl (C=O) groups excluding carboxylic acids is 2. The summed E-state index contributed by atoms with van der Waals surface area (Å²) < 4.78 is 44.5. The van der Waals surface area contributed by atoms with Gasteiger partial charge in [-0.3, -0.25) is 4.79 Å². The Hall–Kier alpha value is -3.31. The number of amides is 3. The van der Waals surface area contributed by atoms with Gasteiger partial charge in [0.1, 0.15) is 6.10 Å². The minimum absolute atomic E-state index is 0.0948. The smallest absolute Gasteiger partial charge is 0.416 e. The average Bonchev–Trinajstić information content (AvgIpc) is 2.81. The third kappa shape index (κ3) is 6.23. The Balaban J connectivity index is 1.89. The second-order valence-electron chi connectivity index (χ2n) is 8.52. The van der Waals surface area contributed by atoms with Crippen molar-refractivity contribution in [3.05, 3.63) is 53.6 Å². The molecular formula is C24H29F3N4O4. The van der Waals surface area contributed by atoms with E-state index in [9.17, 15) is 27.9 Å². The zero-order valence-corrected chi connectivity index (χ0v) is 19.6. The molecule has 8 nitrogen and oxygen atoms in total. The van der Waals surface area contributed by atoms with Crippen LogP contribution in [0.1, 0.15) is 29.8 Å². The van der Waals surface area contributed by atoms with Crippen molar-refractivity contribution in [2.24, 2.45) is 5.92 Å². The minimum Gasteiger partial charge on any atom is -0.486 e. The van der Waals surface area contributed by atoms with Gasteiger partial charge in [-0.15, -0.1) is 0 Å². The van der Waals surface area contributed by atoms with E-state index < -0.39 is 23.8 Å². The largest absolute Gasteiger partial charge is 0.486 e. The lowest BCUT2D eigenvalue weighted by molar-refractivity contribution is -0.137. The molecule has 2 aromatic carbocycles. The molecule has 3 amide bonds. The highest BCUT2D eigenvalue weighted by molar-refractivity contribution is 6.04. The molecule has 0 aromatic heterocycles. The predicted molar refractivity (Wildman–Crippen MR) is 126 cm³/mol. The van der Waals surface area contributed by atoms with Gasteiger partial charge in [0.25, 0.3) is 5.91 Å². The summed E-state index contributed by atoms with van der Waals surface area (Å²) in [6.07, 6.45) is -4.82. The standard InChI is InChI=1S/C24H29F3N4O4/c1-14-12-31(15(2)13-32)22(33)18-5-4-6-19(21(18)35-20(14)11-28-3)30-23(34)29-17-9-7-16(8-10-17)24(25,26)27/h4-10,14-15,20,28,32H,11-13H2,1-3H3,(H2,29,30,34)/t14-,15+,20+/m1/s1. The van der Waals surface area contributed by atoms with Crippen LogP contribution in [-0.2, 0) is 6.18 Å². The summed E-state index contributed by atoms with van der Waals surface area (Å²) in [4.78, 5) is 27.6. The summed E-state index contributed by atoms with van der Waals surface area (Å²) in [7, 11) is 1.77. The Morgan fingerprint density at radius 1 is 1.20 bits per heavy atom. The molecule has 0 radical (unpaired) electrons. The van der Waals surface area contributed by atoms with Crippen LogP contribution in [0.4, 0.5) is 29.3 Å². The first-order valence-electron chi connectivity index (χ1n) is 11.2. The van der Waals surface area contributed by atoms with Crippen LogP contribution in [0, 0.1) is 5.92 Å². The van der Waals surface area contributed by atoms with Crippen molar-refractivity contribution in [3.8, 4) is 5.75 Å². The Morgan fingerprint density at radius 2 is 1.89 bits per heavy atom. The molecule has 11 heteroatoms. The van der Waals surface area contributed by atoms with Crippen LogP contribution < -0.4 is 20.7 Å². The van der Waals surface area contributed by atoms with E-state index in [1.54, 1.807) is 37.1 Å².